The molecule has 1 unspecified atom stereocenters. The molecule has 0 amide bonds. The van der Waals surface area contributed by atoms with Gasteiger partial charge in [-0.1, -0.05) is 12.1 Å². The number of piperazine rings is 1. The lowest BCUT2D eigenvalue weighted by molar-refractivity contribution is -0.384. The lowest BCUT2D eigenvalue weighted by Crippen LogP contribution is -2.49. The number of hydrogen-bond acceptors (Lipinski definition) is 6. The van der Waals surface area contributed by atoms with Crippen molar-refractivity contribution in [3.63, 3.8) is 0 Å². The van der Waals surface area contributed by atoms with Crippen LogP contribution in [0.15, 0.2) is 42.5 Å². The molecule has 0 radical (unpaired) electrons. The third-order valence-corrected chi connectivity index (χ3v) is 5.04. The Morgan fingerprint density at radius 2 is 1.79 bits per heavy atom. The zero-order valence-electron chi connectivity index (χ0n) is 16.4. The van der Waals surface area contributed by atoms with E-state index >= 15 is 0 Å². The van der Waals surface area contributed by atoms with Crippen LogP contribution in [-0.4, -0.2) is 60.4 Å². The summed E-state index contributed by atoms with van der Waals surface area (Å²) >= 11 is 0. The molecule has 1 aliphatic heterocycles. The Labute approximate surface area is 165 Å². The van der Waals surface area contributed by atoms with E-state index in [9.17, 15) is 15.2 Å². The highest BCUT2D eigenvalue weighted by Gasteiger charge is 2.20. The maximum atomic E-state index is 10.7. The van der Waals surface area contributed by atoms with Crippen LogP contribution in [0.4, 0.5) is 11.4 Å². The molecular formula is C21H27N3O4. The van der Waals surface area contributed by atoms with Gasteiger partial charge in [0.2, 0.25) is 0 Å². The molecule has 2 aromatic carbocycles. The number of β-amino-alcohol motifs (C(OH)–C–C–N with tert-alkyl or cyclic N) is 1. The van der Waals surface area contributed by atoms with E-state index in [1.165, 1.54) is 28.9 Å². The van der Waals surface area contributed by atoms with Gasteiger partial charge in [0, 0.05) is 50.5 Å². The summed E-state index contributed by atoms with van der Waals surface area (Å²) in [7, 11) is 0. The van der Waals surface area contributed by atoms with E-state index in [2.05, 4.69) is 41.8 Å². The van der Waals surface area contributed by atoms with Crippen molar-refractivity contribution in [3.05, 3.63) is 63.7 Å². The van der Waals surface area contributed by atoms with Crippen LogP contribution in [0.25, 0.3) is 0 Å². The molecule has 0 saturated carbocycles. The van der Waals surface area contributed by atoms with Crippen molar-refractivity contribution in [2.24, 2.45) is 0 Å². The quantitative estimate of drug-likeness (QED) is 0.583. The first-order valence-electron chi connectivity index (χ1n) is 9.52. The van der Waals surface area contributed by atoms with Crippen molar-refractivity contribution >= 4 is 11.4 Å². The monoisotopic (exact) mass is 385 g/mol. The summed E-state index contributed by atoms with van der Waals surface area (Å²) in [6.45, 7) is 8.61. The number of hydrogen-bond donors (Lipinski definition) is 1. The smallest absolute Gasteiger partial charge is 0.269 e. The Morgan fingerprint density at radius 1 is 1.11 bits per heavy atom. The Hall–Kier alpha value is -2.64. The highest BCUT2D eigenvalue weighted by molar-refractivity contribution is 5.55. The second-order valence-electron chi connectivity index (χ2n) is 7.29. The topological polar surface area (TPSA) is 79.1 Å². The average molecular weight is 385 g/mol. The lowest BCUT2D eigenvalue weighted by Gasteiger charge is -2.37. The highest BCUT2D eigenvalue weighted by Crippen LogP contribution is 2.23. The van der Waals surface area contributed by atoms with E-state index in [1.807, 2.05) is 0 Å². The fourth-order valence-electron chi connectivity index (χ4n) is 3.44. The zero-order chi connectivity index (χ0) is 20.1. The summed E-state index contributed by atoms with van der Waals surface area (Å²) in [6.07, 6.45) is -0.609. The van der Waals surface area contributed by atoms with Gasteiger partial charge in [-0.25, -0.2) is 0 Å². The summed E-state index contributed by atoms with van der Waals surface area (Å²) < 4.78 is 5.55. The molecule has 0 aliphatic carbocycles. The average Bonchev–Trinajstić information content (AvgIpc) is 2.69. The predicted octanol–water partition coefficient (Wildman–Crippen LogP) is 2.77. The number of aryl methyl sites for hydroxylation is 2. The van der Waals surface area contributed by atoms with Gasteiger partial charge in [-0.15, -0.1) is 0 Å². The summed E-state index contributed by atoms with van der Waals surface area (Å²) in [4.78, 5) is 14.9. The van der Waals surface area contributed by atoms with Crippen LogP contribution in [0, 0.1) is 24.0 Å². The molecule has 0 aromatic heterocycles. The third-order valence-electron chi connectivity index (χ3n) is 5.04. The summed E-state index contributed by atoms with van der Waals surface area (Å²) in [5.74, 6) is 0.518. The maximum absolute atomic E-state index is 10.7. The van der Waals surface area contributed by atoms with E-state index in [4.69, 9.17) is 4.74 Å². The molecule has 28 heavy (non-hydrogen) atoms. The van der Waals surface area contributed by atoms with Crippen molar-refractivity contribution < 1.29 is 14.8 Å². The van der Waals surface area contributed by atoms with E-state index in [1.54, 1.807) is 12.1 Å². The standard InChI is InChI=1S/C21H27N3O4/c1-16-3-4-17(2)21(13-16)23-11-9-22(10-12-23)14-19(25)15-28-20-7-5-18(6-8-20)24(26)27/h3-8,13,19,25H,9-12,14-15H2,1-2H3. The molecule has 0 bridgehead atoms. The third kappa shape index (κ3) is 5.21. The highest BCUT2D eigenvalue weighted by atomic mass is 16.6. The number of nitrogens with zero attached hydrogens (tertiary/aromatic N) is 3. The van der Waals surface area contributed by atoms with Crippen LogP contribution in [0.1, 0.15) is 11.1 Å². The molecule has 1 aliphatic rings. The van der Waals surface area contributed by atoms with Crippen LogP contribution >= 0.6 is 0 Å². The molecule has 150 valence electrons. The van der Waals surface area contributed by atoms with E-state index in [-0.39, 0.29) is 12.3 Å². The first-order valence-corrected chi connectivity index (χ1v) is 9.52. The summed E-state index contributed by atoms with van der Waals surface area (Å²) in [5, 5.41) is 20.9. The van der Waals surface area contributed by atoms with Crippen molar-refractivity contribution in [3.8, 4) is 5.75 Å². The Balaban J connectivity index is 1.44. The lowest BCUT2D eigenvalue weighted by atomic mass is 10.1. The predicted molar refractivity (Wildman–Crippen MR) is 109 cm³/mol. The van der Waals surface area contributed by atoms with E-state index in [0.29, 0.717) is 12.3 Å². The molecular weight excluding hydrogens is 358 g/mol. The van der Waals surface area contributed by atoms with Gasteiger partial charge < -0.3 is 14.7 Å². The van der Waals surface area contributed by atoms with Crippen LogP contribution in [0.2, 0.25) is 0 Å². The number of ether oxygens (including phenoxy) is 1. The van der Waals surface area contributed by atoms with Gasteiger partial charge in [0.25, 0.3) is 5.69 Å². The maximum Gasteiger partial charge on any atom is 0.269 e. The minimum absolute atomic E-state index is 0.0228. The van der Waals surface area contributed by atoms with Crippen LogP contribution in [0.5, 0.6) is 5.75 Å². The van der Waals surface area contributed by atoms with Crippen molar-refractivity contribution in [1.29, 1.82) is 0 Å². The molecule has 1 fully saturated rings. The van der Waals surface area contributed by atoms with E-state index in [0.717, 1.165) is 26.2 Å². The minimum Gasteiger partial charge on any atom is -0.491 e. The second-order valence-corrected chi connectivity index (χ2v) is 7.29. The molecule has 2 aromatic rings. The Bertz CT molecular complexity index is 802. The number of benzene rings is 2. The summed E-state index contributed by atoms with van der Waals surface area (Å²) in [5.41, 5.74) is 3.87. The largest absolute Gasteiger partial charge is 0.491 e. The summed E-state index contributed by atoms with van der Waals surface area (Å²) in [6, 6.07) is 12.4. The molecule has 1 N–H and O–H groups in total. The number of aliphatic hydroxyl groups is 1. The molecule has 1 atom stereocenters. The van der Waals surface area contributed by atoms with Gasteiger partial charge in [-0.3, -0.25) is 15.0 Å². The first kappa shape index (κ1) is 20.1. The van der Waals surface area contributed by atoms with Gasteiger partial charge in [0.05, 0.1) is 4.92 Å². The molecule has 1 saturated heterocycles. The number of aliphatic hydroxyl groups excluding tert-OH is 1. The Kier molecular flexibility index (Phi) is 6.49. The number of rotatable bonds is 7. The molecule has 0 spiro atoms. The van der Waals surface area contributed by atoms with Crippen LogP contribution in [0.3, 0.4) is 0 Å². The molecule has 1 heterocycles. The van der Waals surface area contributed by atoms with Gasteiger partial charge in [0.15, 0.2) is 0 Å². The zero-order valence-corrected chi connectivity index (χ0v) is 16.4. The number of nitro benzene ring substituents is 1. The number of anilines is 1. The van der Waals surface area contributed by atoms with Gasteiger partial charge in [-0.2, -0.15) is 0 Å². The van der Waals surface area contributed by atoms with E-state index < -0.39 is 11.0 Å². The number of nitro groups is 1. The Morgan fingerprint density at radius 3 is 2.43 bits per heavy atom. The fraction of sp³-hybridized carbons (Fsp3) is 0.429. The minimum atomic E-state index is -0.609. The van der Waals surface area contributed by atoms with Crippen molar-refractivity contribution in [2.45, 2.75) is 20.0 Å². The molecule has 7 heteroatoms. The fourth-order valence-corrected chi connectivity index (χ4v) is 3.44. The SMILES string of the molecule is Cc1ccc(C)c(N2CCN(CC(O)COc3ccc([N+](=O)[O-])cc3)CC2)c1. The molecule has 7 nitrogen and oxygen atoms in total. The van der Waals surface area contributed by atoms with Gasteiger partial charge in [-0.05, 0) is 43.2 Å². The van der Waals surface area contributed by atoms with Crippen LogP contribution in [-0.2, 0) is 0 Å². The van der Waals surface area contributed by atoms with Crippen molar-refractivity contribution in [2.75, 3.05) is 44.2 Å². The molecule has 3 rings (SSSR count). The van der Waals surface area contributed by atoms with Crippen molar-refractivity contribution in [1.82, 2.24) is 4.90 Å². The van der Waals surface area contributed by atoms with Crippen LogP contribution < -0.4 is 9.64 Å². The normalized spacial score (nSPS) is 16.0. The second kappa shape index (κ2) is 9.03. The van der Waals surface area contributed by atoms with Gasteiger partial charge >= 0.3 is 0 Å². The van der Waals surface area contributed by atoms with Gasteiger partial charge in [0.1, 0.15) is 18.5 Å². The number of non-ortho nitro benzene ring substituents is 1. The first-order chi connectivity index (χ1) is 13.4.